The summed E-state index contributed by atoms with van der Waals surface area (Å²) in [5, 5.41) is 1.91. The molecule has 5 rings (SSSR count). The third kappa shape index (κ3) is 3.38. The van der Waals surface area contributed by atoms with Crippen LogP contribution in [-0.4, -0.2) is 29.6 Å². The number of allylic oxidation sites excluding steroid dienone is 1. The van der Waals surface area contributed by atoms with Gasteiger partial charge >= 0.3 is 5.97 Å². The van der Waals surface area contributed by atoms with Crippen molar-refractivity contribution in [3.05, 3.63) is 83.2 Å². The SMILES string of the molecule is CCCN1C(=O)/C(=c2\sc3n(c2=O)C(c2cccs2)C(C(=O)OCC)=C(C)N=3)c2ccccc21. The molecule has 9 heteroatoms. The molecule has 0 aliphatic carbocycles. The van der Waals surface area contributed by atoms with E-state index in [4.69, 9.17) is 4.74 Å². The molecule has 0 bridgehead atoms. The number of carbonyl (C=O) groups excluding carboxylic acids is 2. The van der Waals surface area contributed by atoms with Crippen LogP contribution < -0.4 is 19.8 Å². The van der Waals surface area contributed by atoms with Gasteiger partial charge in [0.1, 0.15) is 10.6 Å². The molecule has 4 heterocycles. The number of rotatable bonds is 5. The largest absolute Gasteiger partial charge is 0.463 e. The molecule has 3 aromatic rings. The van der Waals surface area contributed by atoms with Gasteiger partial charge in [-0.05, 0) is 37.8 Å². The van der Waals surface area contributed by atoms with Crippen molar-refractivity contribution in [3.8, 4) is 0 Å². The minimum Gasteiger partial charge on any atom is -0.463 e. The highest BCUT2D eigenvalue weighted by molar-refractivity contribution is 7.10. The van der Waals surface area contributed by atoms with Crippen LogP contribution in [-0.2, 0) is 14.3 Å². The van der Waals surface area contributed by atoms with E-state index in [0.717, 1.165) is 22.5 Å². The first-order valence-corrected chi connectivity index (χ1v) is 12.8. The lowest BCUT2D eigenvalue weighted by molar-refractivity contribution is -0.139. The van der Waals surface area contributed by atoms with Crippen molar-refractivity contribution in [2.24, 2.45) is 4.99 Å². The van der Waals surface area contributed by atoms with E-state index in [-0.39, 0.29) is 18.1 Å². The fraction of sp³-hybridized carbons (Fsp3) is 0.280. The van der Waals surface area contributed by atoms with Gasteiger partial charge in [-0.1, -0.05) is 42.5 Å². The van der Waals surface area contributed by atoms with Crippen LogP contribution in [0.1, 0.15) is 43.7 Å². The number of hydrogen-bond acceptors (Lipinski definition) is 7. The van der Waals surface area contributed by atoms with Gasteiger partial charge in [0, 0.05) is 17.0 Å². The molecule has 1 amide bonds. The normalized spacial score (nSPS) is 18.6. The Morgan fingerprint density at radius 1 is 1.15 bits per heavy atom. The second kappa shape index (κ2) is 8.81. The van der Waals surface area contributed by atoms with Gasteiger partial charge in [-0.15, -0.1) is 11.3 Å². The molecule has 1 atom stereocenters. The number of fused-ring (bicyclic) bond motifs is 2. The zero-order valence-electron chi connectivity index (χ0n) is 19.0. The maximum absolute atomic E-state index is 13.9. The van der Waals surface area contributed by atoms with Gasteiger partial charge in [0.05, 0.1) is 29.1 Å². The number of nitrogens with zero attached hydrogens (tertiary/aromatic N) is 3. The van der Waals surface area contributed by atoms with Gasteiger partial charge in [0.2, 0.25) is 0 Å². The Morgan fingerprint density at radius 3 is 2.65 bits per heavy atom. The van der Waals surface area contributed by atoms with Crippen LogP contribution >= 0.6 is 22.7 Å². The third-order valence-corrected chi connectivity index (χ3v) is 7.88. The first-order valence-electron chi connectivity index (χ1n) is 11.1. The van der Waals surface area contributed by atoms with E-state index in [2.05, 4.69) is 4.99 Å². The number of carbonyl (C=O) groups is 2. The topological polar surface area (TPSA) is 81.0 Å². The Labute approximate surface area is 203 Å². The number of aromatic nitrogens is 1. The summed E-state index contributed by atoms with van der Waals surface area (Å²) in [5.74, 6) is -0.668. The standard InChI is InChI=1S/C25H23N3O4S2/c1-4-12-27-16-10-7-6-9-15(16)19(22(27)29)21-23(30)28-20(17-11-8-13-33-17)18(24(31)32-5-2)14(3)26-25(28)34-21/h6-11,13,20H,4-5,12H2,1-3H3/b21-19-. The molecule has 34 heavy (non-hydrogen) atoms. The highest BCUT2D eigenvalue weighted by Gasteiger charge is 2.37. The van der Waals surface area contributed by atoms with Crippen LogP contribution in [0.4, 0.5) is 5.69 Å². The van der Waals surface area contributed by atoms with E-state index in [9.17, 15) is 14.4 Å². The van der Waals surface area contributed by atoms with Gasteiger partial charge < -0.3 is 9.64 Å². The molecule has 0 saturated heterocycles. The van der Waals surface area contributed by atoms with E-state index < -0.39 is 12.0 Å². The predicted molar refractivity (Wildman–Crippen MR) is 133 cm³/mol. The van der Waals surface area contributed by atoms with E-state index >= 15 is 0 Å². The molecule has 0 spiro atoms. The lowest BCUT2D eigenvalue weighted by atomic mass is 10.0. The fourth-order valence-corrected chi connectivity index (χ4v) is 6.46. The lowest BCUT2D eigenvalue weighted by Gasteiger charge is -2.23. The quantitative estimate of drug-likeness (QED) is 0.512. The van der Waals surface area contributed by atoms with Gasteiger partial charge in [-0.2, -0.15) is 0 Å². The van der Waals surface area contributed by atoms with Crippen LogP contribution in [0.25, 0.3) is 5.57 Å². The molecule has 0 saturated carbocycles. The molecule has 1 unspecified atom stereocenters. The van der Waals surface area contributed by atoms with Crippen molar-refractivity contribution in [1.82, 2.24) is 4.57 Å². The number of anilines is 1. The van der Waals surface area contributed by atoms with Gasteiger partial charge in [-0.25, -0.2) is 9.79 Å². The summed E-state index contributed by atoms with van der Waals surface area (Å²) >= 11 is 2.66. The second-order valence-electron chi connectivity index (χ2n) is 7.99. The zero-order valence-corrected chi connectivity index (χ0v) is 20.7. The molecule has 1 aromatic carbocycles. The zero-order chi connectivity index (χ0) is 24.0. The number of ether oxygens (including phenoxy) is 1. The average molecular weight is 494 g/mol. The second-order valence-corrected chi connectivity index (χ2v) is 9.94. The number of thiazole rings is 1. The molecule has 0 radical (unpaired) electrons. The number of benzene rings is 1. The van der Waals surface area contributed by atoms with Crippen molar-refractivity contribution in [2.75, 3.05) is 18.1 Å². The maximum atomic E-state index is 13.9. The summed E-state index contributed by atoms with van der Waals surface area (Å²) in [5.41, 5.74) is 2.50. The minimum atomic E-state index is -0.650. The highest BCUT2D eigenvalue weighted by Crippen LogP contribution is 2.36. The molecule has 0 N–H and O–H groups in total. The van der Waals surface area contributed by atoms with E-state index in [1.807, 2.05) is 48.7 Å². The summed E-state index contributed by atoms with van der Waals surface area (Å²) in [7, 11) is 0. The van der Waals surface area contributed by atoms with Crippen LogP contribution in [0.15, 0.2) is 62.8 Å². The number of esters is 1. The van der Waals surface area contributed by atoms with Gasteiger partial charge in [-0.3, -0.25) is 14.2 Å². The average Bonchev–Trinajstić information content (AvgIpc) is 3.52. The molecule has 174 valence electrons. The Balaban J connectivity index is 1.80. The van der Waals surface area contributed by atoms with Gasteiger partial charge in [0.15, 0.2) is 4.80 Å². The Bertz CT molecular complexity index is 1510. The van der Waals surface area contributed by atoms with Crippen LogP contribution in [0.2, 0.25) is 0 Å². The number of thiophene rings is 1. The first kappa shape index (κ1) is 22.5. The summed E-state index contributed by atoms with van der Waals surface area (Å²) in [6.07, 6.45) is 0.801. The van der Waals surface area contributed by atoms with E-state index in [1.165, 1.54) is 27.2 Å². The fourth-order valence-electron chi connectivity index (χ4n) is 4.50. The summed E-state index contributed by atoms with van der Waals surface area (Å²) in [6, 6.07) is 10.7. The van der Waals surface area contributed by atoms with Gasteiger partial charge in [0.25, 0.3) is 11.5 Å². The van der Waals surface area contributed by atoms with Crippen molar-refractivity contribution < 1.29 is 14.3 Å². The minimum absolute atomic E-state index is 0.178. The molecule has 7 nitrogen and oxygen atoms in total. The molecule has 0 fully saturated rings. The molecular weight excluding hydrogens is 470 g/mol. The van der Waals surface area contributed by atoms with Crippen LogP contribution in [0.3, 0.4) is 0 Å². The first-order chi connectivity index (χ1) is 16.5. The highest BCUT2D eigenvalue weighted by atomic mass is 32.1. The van der Waals surface area contributed by atoms with Crippen LogP contribution in [0.5, 0.6) is 0 Å². The molecule has 2 aliphatic rings. The van der Waals surface area contributed by atoms with Crippen molar-refractivity contribution >= 4 is 45.8 Å². The Kier molecular flexibility index (Phi) is 5.83. The monoisotopic (exact) mass is 493 g/mol. The summed E-state index contributed by atoms with van der Waals surface area (Å²) < 4.78 is 7.20. The van der Waals surface area contributed by atoms with Crippen LogP contribution in [0, 0.1) is 0 Å². The molecule has 2 aromatic heterocycles. The molecular formula is C25H23N3O4S2. The maximum Gasteiger partial charge on any atom is 0.338 e. The predicted octanol–water partition coefficient (Wildman–Crippen LogP) is 2.99. The molecule has 2 aliphatic heterocycles. The van der Waals surface area contributed by atoms with E-state index in [1.54, 1.807) is 18.7 Å². The lowest BCUT2D eigenvalue weighted by Crippen LogP contribution is -2.40. The van der Waals surface area contributed by atoms with Crippen molar-refractivity contribution in [3.63, 3.8) is 0 Å². The van der Waals surface area contributed by atoms with E-state index in [0.29, 0.717) is 32.7 Å². The Morgan fingerprint density at radius 2 is 1.94 bits per heavy atom. The van der Waals surface area contributed by atoms with Crippen molar-refractivity contribution in [1.29, 1.82) is 0 Å². The number of para-hydroxylation sites is 1. The van der Waals surface area contributed by atoms with Crippen molar-refractivity contribution in [2.45, 2.75) is 33.2 Å². The smallest absolute Gasteiger partial charge is 0.338 e. The third-order valence-electron chi connectivity index (χ3n) is 5.90. The number of hydrogen-bond donors (Lipinski definition) is 0. The summed E-state index contributed by atoms with van der Waals surface area (Å²) in [6.45, 7) is 6.31. The summed E-state index contributed by atoms with van der Waals surface area (Å²) in [4.78, 5) is 48.0. The Hall–Kier alpha value is -3.30. The number of amides is 1.